The van der Waals surface area contributed by atoms with Crippen LogP contribution >= 0.6 is 0 Å². The van der Waals surface area contributed by atoms with Crippen molar-refractivity contribution >= 4 is 11.0 Å². The first-order valence-corrected chi connectivity index (χ1v) is 6.77. The molecule has 2 aromatic rings. The minimum atomic E-state index is 0.760. The van der Waals surface area contributed by atoms with Crippen molar-refractivity contribution in [3.63, 3.8) is 0 Å². The molecule has 0 saturated carbocycles. The van der Waals surface area contributed by atoms with Crippen LogP contribution < -0.4 is 5.32 Å². The third-order valence-electron chi connectivity index (χ3n) is 3.34. The van der Waals surface area contributed by atoms with Gasteiger partial charge in [-0.1, -0.05) is 31.2 Å². The molecule has 0 bridgehead atoms. The lowest BCUT2D eigenvalue weighted by atomic mass is 10.1. The van der Waals surface area contributed by atoms with Crippen molar-refractivity contribution in [1.29, 1.82) is 0 Å². The van der Waals surface area contributed by atoms with Crippen molar-refractivity contribution in [2.24, 2.45) is 0 Å². The maximum atomic E-state index is 5.95. The Hall–Kier alpha value is -1.58. The van der Waals surface area contributed by atoms with Crippen LogP contribution in [0.5, 0.6) is 0 Å². The third-order valence-corrected chi connectivity index (χ3v) is 3.34. The molecule has 0 fully saturated rings. The van der Waals surface area contributed by atoms with Crippen molar-refractivity contribution in [3.05, 3.63) is 48.2 Å². The maximum Gasteiger partial charge on any atom is 0.134 e. The highest BCUT2D eigenvalue weighted by molar-refractivity contribution is 5.82. The molecule has 3 heteroatoms. The molecule has 1 N–H and O–H groups in total. The fourth-order valence-corrected chi connectivity index (χ4v) is 2.34. The molecule has 0 saturated heterocycles. The van der Waals surface area contributed by atoms with Gasteiger partial charge in [-0.05, 0) is 19.7 Å². The van der Waals surface area contributed by atoms with Crippen LogP contribution in [0.15, 0.2) is 41.3 Å². The van der Waals surface area contributed by atoms with Gasteiger partial charge in [0.15, 0.2) is 0 Å². The van der Waals surface area contributed by atoms with E-state index in [0.717, 1.165) is 37.5 Å². The number of furan rings is 1. The second-order valence-corrected chi connectivity index (χ2v) is 4.65. The summed E-state index contributed by atoms with van der Waals surface area (Å²) in [5, 5.41) is 4.39. The summed E-state index contributed by atoms with van der Waals surface area (Å²) in [5.74, 6) is 1.03. The molecule has 0 atom stereocenters. The molecule has 0 unspecified atom stereocenters. The topological polar surface area (TPSA) is 28.4 Å². The van der Waals surface area contributed by atoms with E-state index in [1.807, 2.05) is 25.3 Å². The predicted molar refractivity (Wildman–Crippen MR) is 80.1 cm³/mol. The summed E-state index contributed by atoms with van der Waals surface area (Å²) in [4.78, 5) is 2.35. The summed E-state index contributed by atoms with van der Waals surface area (Å²) in [6.07, 6.45) is 1.95. The molecule has 0 aliphatic heterocycles. The molecule has 0 radical (unpaired) electrons. The van der Waals surface area contributed by atoms with Crippen molar-refractivity contribution in [1.82, 2.24) is 10.2 Å². The van der Waals surface area contributed by atoms with E-state index >= 15 is 0 Å². The van der Waals surface area contributed by atoms with Crippen LogP contribution in [0, 0.1) is 0 Å². The number of fused-ring (bicyclic) bond motifs is 1. The first-order valence-electron chi connectivity index (χ1n) is 6.77. The molecule has 0 spiro atoms. The first kappa shape index (κ1) is 13.8. The highest BCUT2D eigenvalue weighted by Crippen LogP contribution is 2.27. The number of hydrogen-bond donors (Lipinski definition) is 1. The van der Waals surface area contributed by atoms with Crippen LogP contribution in [0.4, 0.5) is 0 Å². The standard InChI is InChI=1S/C16H22N2O/c1-4-10-18(5-2)12-14-13-8-6-7-9-15(13)19-16(14)11-17-3/h4,6-9,17H,1,5,10-12H2,2-3H3. The molecule has 0 aliphatic carbocycles. The Bertz CT molecular complexity index is 545. The van der Waals surface area contributed by atoms with Crippen molar-refractivity contribution in [2.45, 2.75) is 20.0 Å². The van der Waals surface area contributed by atoms with Crippen LogP contribution in [-0.4, -0.2) is 25.0 Å². The van der Waals surface area contributed by atoms with E-state index in [0.29, 0.717) is 0 Å². The zero-order valence-corrected chi connectivity index (χ0v) is 11.8. The largest absolute Gasteiger partial charge is 0.459 e. The van der Waals surface area contributed by atoms with Crippen molar-refractivity contribution < 1.29 is 4.42 Å². The SMILES string of the molecule is C=CCN(CC)Cc1c(CNC)oc2ccccc12. The molecule has 0 amide bonds. The summed E-state index contributed by atoms with van der Waals surface area (Å²) >= 11 is 0. The number of rotatable bonds is 7. The van der Waals surface area contributed by atoms with Gasteiger partial charge in [0.1, 0.15) is 11.3 Å². The van der Waals surface area contributed by atoms with Gasteiger partial charge in [-0.15, -0.1) is 6.58 Å². The van der Waals surface area contributed by atoms with E-state index in [2.05, 4.69) is 35.9 Å². The Labute approximate surface area is 114 Å². The second kappa shape index (κ2) is 6.55. The second-order valence-electron chi connectivity index (χ2n) is 4.65. The van der Waals surface area contributed by atoms with Gasteiger partial charge in [-0.2, -0.15) is 0 Å². The fourth-order valence-electron chi connectivity index (χ4n) is 2.34. The smallest absolute Gasteiger partial charge is 0.134 e. The summed E-state index contributed by atoms with van der Waals surface area (Å²) < 4.78 is 5.95. The summed E-state index contributed by atoms with van der Waals surface area (Å²) in [6.45, 7) is 9.55. The van der Waals surface area contributed by atoms with Crippen LogP contribution in [0.1, 0.15) is 18.2 Å². The third kappa shape index (κ3) is 3.06. The minimum absolute atomic E-state index is 0.760. The van der Waals surface area contributed by atoms with E-state index in [4.69, 9.17) is 4.42 Å². The van der Waals surface area contributed by atoms with Gasteiger partial charge in [-0.25, -0.2) is 0 Å². The number of benzene rings is 1. The quantitative estimate of drug-likeness (QED) is 0.773. The van der Waals surface area contributed by atoms with E-state index in [9.17, 15) is 0 Å². The number of likely N-dealkylation sites (N-methyl/N-ethyl adjacent to an activating group) is 1. The minimum Gasteiger partial charge on any atom is -0.459 e. The Morgan fingerprint density at radius 3 is 2.84 bits per heavy atom. The Morgan fingerprint density at radius 1 is 1.37 bits per heavy atom. The molecule has 3 nitrogen and oxygen atoms in total. The summed E-state index contributed by atoms with van der Waals surface area (Å²) in [7, 11) is 1.94. The molecule has 2 rings (SSSR count). The van der Waals surface area contributed by atoms with Gasteiger partial charge in [-0.3, -0.25) is 4.90 Å². The van der Waals surface area contributed by atoms with Crippen LogP contribution in [0.3, 0.4) is 0 Å². The number of para-hydroxylation sites is 1. The highest BCUT2D eigenvalue weighted by atomic mass is 16.3. The lowest BCUT2D eigenvalue weighted by Gasteiger charge is -2.18. The van der Waals surface area contributed by atoms with Crippen LogP contribution in [0.2, 0.25) is 0 Å². The monoisotopic (exact) mass is 258 g/mol. The van der Waals surface area contributed by atoms with Gasteiger partial charge >= 0.3 is 0 Å². The molecule has 1 aromatic carbocycles. The predicted octanol–water partition coefficient (Wildman–Crippen LogP) is 3.16. The van der Waals surface area contributed by atoms with Gasteiger partial charge in [0.25, 0.3) is 0 Å². The maximum absolute atomic E-state index is 5.95. The lowest BCUT2D eigenvalue weighted by molar-refractivity contribution is 0.308. The van der Waals surface area contributed by atoms with Crippen LogP contribution in [-0.2, 0) is 13.1 Å². The number of hydrogen-bond acceptors (Lipinski definition) is 3. The summed E-state index contributed by atoms with van der Waals surface area (Å²) in [5.41, 5.74) is 2.26. The van der Waals surface area contributed by atoms with Gasteiger partial charge < -0.3 is 9.73 Å². The van der Waals surface area contributed by atoms with E-state index < -0.39 is 0 Å². The fraction of sp³-hybridized carbons (Fsp3) is 0.375. The highest BCUT2D eigenvalue weighted by Gasteiger charge is 2.15. The molecule has 1 aromatic heterocycles. The normalized spacial score (nSPS) is 11.3. The zero-order valence-electron chi connectivity index (χ0n) is 11.8. The molecular weight excluding hydrogens is 236 g/mol. The Kier molecular flexibility index (Phi) is 4.77. The Morgan fingerprint density at radius 2 is 2.16 bits per heavy atom. The first-order chi connectivity index (χ1) is 9.30. The van der Waals surface area contributed by atoms with E-state index in [-0.39, 0.29) is 0 Å². The molecule has 0 aliphatic rings. The molecular formula is C16H22N2O. The average Bonchev–Trinajstić information content (AvgIpc) is 2.77. The lowest BCUT2D eigenvalue weighted by Crippen LogP contribution is -2.23. The number of nitrogens with zero attached hydrogens (tertiary/aromatic N) is 1. The van der Waals surface area contributed by atoms with Gasteiger partial charge in [0, 0.05) is 24.0 Å². The van der Waals surface area contributed by atoms with E-state index in [1.54, 1.807) is 0 Å². The number of nitrogens with one attached hydrogen (secondary N) is 1. The average molecular weight is 258 g/mol. The summed E-state index contributed by atoms with van der Waals surface area (Å²) in [6, 6.07) is 8.24. The molecule has 102 valence electrons. The van der Waals surface area contributed by atoms with Gasteiger partial charge in [0.05, 0.1) is 6.54 Å². The Balaban J connectivity index is 2.37. The van der Waals surface area contributed by atoms with Gasteiger partial charge in [0.2, 0.25) is 0 Å². The van der Waals surface area contributed by atoms with Crippen molar-refractivity contribution in [2.75, 3.05) is 20.1 Å². The zero-order chi connectivity index (χ0) is 13.7. The van der Waals surface area contributed by atoms with Crippen LogP contribution in [0.25, 0.3) is 11.0 Å². The molecule has 19 heavy (non-hydrogen) atoms. The molecule has 1 heterocycles. The van der Waals surface area contributed by atoms with Crippen molar-refractivity contribution in [3.8, 4) is 0 Å². The van der Waals surface area contributed by atoms with E-state index in [1.165, 1.54) is 10.9 Å².